The average molecular weight is 345 g/mol. The van der Waals surface area contributed by atoms with Crippen LogP contribution in [0.2, 0.25) is 0 Å². The van der Waals surface area contributed by atoms with Crippen molar-refractivity contribution >= 4 is 5.91 Å². The van der Waals surface area contributed by atoms with E-state index >= 15 is 0 Å². The highest BCUT2D eigenvalue weighted by atomic mass is 16.2. The minimum Gasteiger partial charge on any atom is -0.345 e. The Hall–Kier alpha value is -1.62. The summed E-state index contributed by atoms with van der Waals surface area (Å²) in [6.45, 7) is 8.88. The molecule has 0 radical (unpaired) electrons. The predicted molar refractivity (Wildman–Crippen MR) is 100 cm³/mol. The van der Waals surface area contributed by atoms with Gasteiger partial charge in [0.15, 0.2) is 0 Å². The van der Waals surface area contributed by atoms with E-state index in [2.05, 4.69) is 15.2 Å². The van der Waals surface area contributed by atoms with E-state index in [0.717, 1.165) is 62.1 Å². The van der Waals surface area contributed by atoms with Crippen LogP contribution in [0.25, 0.3) is 0 Å². The lowest BCUT2D eigenvalue weighted by atomic mass is 9.80. The minimum atomic E-state index is -0.273. The molecule has 2 N–H and O–H groups in total. The summed E-state index contributed by atoms with van der Waals surface area (Å²) < 4.78 is 0. The van der Waals surface area contributed by atoms with E-state index in [0.29, 0.717) is 0 Å². The lowest BCUT2D eigenvalue weighted by molar-refractivity contribution is 0.0820. The predicted octanol–water partition coefficient (Wildman–Crippen LogP) is 2.83. The lowest BCUT2D eigenvalue weighted by Gasteiger charge is -2.41. The van der Waals surface area contributed by atoms with Crippen molar-refractivity contribution in [2.24, 2.45) is 0 Å². The van der Waals surface area contributed by atoms with E-state index in [1.54, 1.807) is 0 Å². The average Bonchev–Trinajstić information content (AvgIpc) is 3.06. The molecule has 1 aromatic heterocycles. The van der Waals surface area contributed by atoms with Crippen LogP contribution in [0.15, 0.2) is 4.79 Å². The van der Waals surface area contributed by atoms with Gasteiger partial charge in [0.1, 0.15) is 5.56 Å². The Morgan fingerprint density at radius 3 is 2.32 bits per heavy atom. The maximum atomic E-state index is 13.0. The number of rotatable bonds is 4. The molecule has 1 saturated heterocycles. The van der Waals surface area contributed by atoms with E-state index in [9.17, 15) is 9.59 Å². The molecule has 1 aromatic rings. The van der Waals surface area contributed by atoms with Crippen LogP contribution in [0.4, 0.5) is 0 Å². The molecule has 0 bridgehead atoms. The molecule has 1 saturated carbocycles. The molecule has 2 heterocycles. The zero-order valence-corrected chi connectivity index (χ0v) is 15.8. The van der Waals surface area contributed by atoms with Gasteiger partial charge in [0.05, 0.1) is 5.54 Å². The van der Waals surface area contributed by atoms with Crippen LogP contribution in [-0.2, 0) is 0 Å². The molecule has 3 rings (SSSR count). The van der Waals surface area contributed by atoms with E-state index < -0.39 is 0 Å². The van der Waals surface area contributed by atoms with Crippen LogP contribution in [0.3, 0.4) is 0 Å². The molecule has 0 unspecified atom stereocenters. The van der Waals surface area contributed by atoms with Crippen molar-refractivity contribution in [1.29, 1.82) is 0 Å². The van der Waals surface area contributed by atoms with Crippen LogP contribution in [-0.4, -0.2) is 41.0 Å². The fourth-order valence-corrected chi connectivity index (χ4v) is 4.46. The molecule has 5 heteroatoms. The van der Waals surface area contributed by atoms with Gasteiger partial charge >= 0.3 is 0 Å². The van der Waals surface area contributed by atoms with Crippen molar-refractivity contribution < 1.29 is 4.79 Å². The van der Waals surface area contributed by atoms with E-state index in [1.165, 1.54) is 19.3 Å². The third-order valence-electron chi connectivity index (χ3n) is 6.17. The largest absolute Gasteiger partial charge is 0.345 e. The zero-order valence-electron chi connectivity index (χ0n) is 15.8. The Morgan fingerprint density at radius 1 is 1.04 bits per heavy atom. The summed E-state index contributed by atoms with van der Waals surface area (Å²) in [6, 6.07) is 0. The molecule has 0 aromatic carbocycles. The normalized spacial score (nSPS) is 20.6. The summed E-state index contributed by atoms with van der Waals surface area (Å²) in [5, 5.41) is 3.30. The second-order valence-electron chi connectivity index (χ2n) is 7.98. The maximum absolute atomic E-state index is 13.0. The number of aryl methyl sites for hydroxylation is 1. The Bertz CT molecular complexity index is 696. The number of likely N-dealkylation sites (tertiary alicyclic amines) is 1. The summed E-state index contributed by atoms with van der Waals surface area (Å²) in [7, 11) is 0. The number of pyridine rings is 1. The van der Waals surface area contributed by atoms with Crippen molar-refractivity contribution in [3.05, 3.63) is 32.7 Å². The fourth-order valence-electron chi connectivity index (χ4n) is 4.46. The quantitative estimate of drug-likeness (QED) is 0.882. The number of H-pyrrole nitrogens is 1. The number of carbonyl (C=O) groups excluding carboxylic acids is 1. The SMILES string of the molecule is Cc1[nH]c(=O)c(C(=O)NC2(CN3CCCC3)CCCCC2)c(C)c1C. The minimum absolute atomic E-state index is 0.183. The second-order valence-corrected chi connectivity index (χ2v) is 7.98. The number of nitrogens with one attached hydrogen (secondary N) is 2. The van der Waals surface area contributed by atoms with Crippen molar-refractivity contribution in [2.75, 3.05) is 19.6 Å². The lowest BCUT2D eigenvalue weighted by Crippen LogP contribution is -2.57. The molecule has 0 atom stereocenters. The van der Waals surface area contributed by atoms with Gasteiger partial charge in [0, 0.05) is 12.2 Å². The molecular weight excluding hydrogens is 314 g/mol. The molecule has 1 aliphatic heterocycles. The molecule has 5 nitrogen and oxygen atoms in total. The van der Waals surface area contributed by atoms with Crippen LogP contribution in [0.1, 0.15) is 72.1 Å². The second kappa shape index (κ2) is 7.32. The Kier molecular flexibility index (Phi) is 5.32. The maximum Gasteiger partial charge on any atom is 0.261 e. The number of hydrogen-bond acceptors (Lipinski definition) is 3. The third kappa shape index (κ3) is 3.81. The van der Waals surface area contributed by atoms with Crippen molar-refractivity contribution in [3.63, 3.8) is 0 Å². The highest BCUT2D eigenvalue weighted by Gasteiger charge is 2.37. The highest BCUT2D eigenvalue weighted by Crippen LogP contribution is 2.30. The zero-order chi connectivity index (χ0) is 18.0. The highest BCUT2D eigenvalue weighted by molar-refractivity contribution is 5.96. The van der Waals surface area contributed by atoms with Crippen molar-refractivity contribution in [2.45, 2.75) is 71.3 Å². The standard InChI is InChI=1S/C20H31N3O2/c1-14-15(2)17(18(24)21-16(14)3)19(25)22-20(9-5-4-6-10-20)13-23-11-7-8-12-23/h4-13H2,1-3H3,(H,21,24)(H,22,25). The monoisotopic (exact) mass is 345 g/mol. The molecule has 0 spiro atoms. The first-order valence-corrected chi connectivity index (χ1v) is 9.67. The molecular formula is C20H31N3O2. The van der Waals surface area contributed by atoms with Crippen LogP contribution < -0.4 is 10.9 Å². The van der Waals surface area contributed by atoms with Crippen molar-refractivity contribution in [1.82, 2.24) is 15.2 Å². The first kappa shape index (κ1) is 18.2. The van der Waals surface area contributed by atoms with Crippen molar-refractivity contribution in [3.8, 4) is 0 Å². The number of nitrogens with zero attached hydrogens (tertiary/aromatic N) is 1. The molecule has 25 heavy (non-hydrogen) atoms. The number of amides is 1. The summed E-state index contributed by atoms with van der Waals surface area (Å²) in [4.78, 5) is 30.8. The van der Waals surface area contributed by atoms with Gasteiger partial charge in [-0.05, 0) is 70.7 Å². The third-order valence-corrected chi connectivity index (χ3v) is 6.17. The molecule has 1 amide bonds. The van der Waals surface area contributed by atoms with Gasteiger partial charge in [-0.2, -0.15) is 0 Å². The topological polar surface area (TPSA) is 65.2 Å². The summed E-state index contributed by atoms with van der Waals surface area (Å²) in [5.74, 6) is -0.206. The number of aromatic amines is 1. The van der Waals surface area contributed by atoms with Gasteiger partial charge < -0.3 is 15.2 Å². The number of carbonyl (C=O) groups is 1. The smallest absolute Gasteiger partial charge is 0.261 e. The fraction of sp³-hybridized carbons (Fsp3) is 0.700. The van der Waals surface area contributed by atoms with E-state index in [-0.39, 0.29) is 22.6 Å². The molecule has 138 valence electrons. The summed E-state index contributed by atoms with van der Waals surface area (Å²) >= 11 is 0. The number of aromatic nitrogens is 1. The van der Waals surface area contributed by atoms with Gasteiger partial charge in [0.2, 0.25) is 0 Å². The molecule has 2 aliphatic rings. The van der Waals surface area contributed by atoms with E-state index in [1.807, 2.05) is 20.8 Å². The first-order chi connectivity index (χ1) is 11.9. The summed E-state index contributed by atoms with van der Waals surface area (Å²) in [5.41, 5.74) is 2.45. The molecule has 2 fully saturated rings. The van der Waals surface area contributed by atoms with E-state index in [4.69, 9.17) is 0 Å². The number of hydrogen-bond donors (Lipinski definition) is 2. The summed E-state index contributed by atoms with van der Waals surface area (Å²) in [6.07, 6.45) is 8.06. The molecule has 1 aliphatic carbocycles. The van der Waals surface area contributed by atoms with Crippen LogP contribution in [0.5, 0.6) is 0 Å². The Labute approximate surface area is 150 Å². The Balaban J connectivity index is 1.85. The van der Waals surface area contributed by atoms with Gasteiger partial charge in [-0.3, -0.25) is 9.59 Å². The van der Waals surface area contributed by atoms with Crippen LogP contribution in [0, 0.1) is 20.8 Å². The van der Waals surface area contributed by atoms with Gasteiger partial charge in [-0.25, -0.2) is 0 Å². The first-order valence-electron chi connectivity index (χ1n) is 9.67. The van der Waals surface area contributed by atoms with Gasteiger partial charge in [0.25, 0.3) is 11.5 Å². The van der Waals surface area contributed by atoms with Gasteiger partial charge in [-0.15, -0.1) is 0 Å². The van der Waals surface area contributed by atoms with Crippen LogP contribution >= 0.6 is 0 Å². The van der Waals surface area contributed by atoms with Gasteiger partial charge in [-0.1, -0.05) is 19.3 Å². The Morgan fingerprint density at radius 2 is 1.68 bits per heavy atom.